The van der Waals surface area contributed by atoms with Crippen molar-refractivity contribution in [3.05, 3.63) is 71.3 Å². The second-order valence-corrected chi connectivity index (χ2v) is 8.53. The zero-order valence-corrected chi connectivity index (χ0v) is 16.1. The largest absolute Gasteiger partial charge is 0.456 e. The first-order valence-corrected chi connectivity index (χ1v) is 9.38. The Labute approximate surface area is 163 Å². The van der Waals surface area contributed by atoms with Gasteiger partial charge in [-0.1, -0.05) is 63.2 Å². The highest BCUT2D eigenvalue weighted by atomic mass is 16.3. The lowest BCUT2D eigenvalue weighted by Crippen LogP contribution is -2.13. The zero-order chi connectivity index (χ0) is 21.4. The minimum Gasteiger partial charge on any atom is -0.456 e. The average molecular weight is 355 g/mol. The lowest BCUT2D eigenvalue weighted by molar-refractivity contribution is 0.569. The molecule has 0 atom stereocenters. The number of hydrogen-bond acceptors (Lipinski definition) is 1. The molecule has 0 unspecified atom stereocenters. The Hall–Kier alpha value is -2.80. The van der Waals surface area contributed by atoms with Gasteiger partial charge in [0.2, 0.25) is 0 Å². The minimum atomic E-state index is -2.22. The summed E-state index contributed by atoms with van der Waals surface area (Å²) in [5, 5.41) is 6.10. The Kier molecular flexibility index (Phi) is 2.65. The Balaban J connectivity index is 2.04. The predicted molar refractivity (Wildman–Crippen MR) is 117 cm³/mol. The second-order valence-electron chi connectivity index (χ2n) is 8.53. The SMILES string of the molecule is [2H]C([2H])([2H])c1cc(C)c(C(C)(C)C)c2oc3cc4ccc5ccccc5c4cc3c12. The fraction of sp³-hybridized carbons (Fsp3) is 0.231. The lowest BCUT2D eigenvalue weighted by atomic mass is 9.82. The molecule has 0 amide bonds. The molecule has 0 spiro atoms. The molecule has 4 aromatic carbocycles. The fourth-order valence-electron chi connectivity index (χ4n) is 4.51. The smallest absolute Gasteiger partial charge is 0.139 e. The maximum absolute atomic E-state index is 8.18. The number of furan rings is 1. The van der Waals surface area contributed by atoms with Gasteiger partial charge in [-0.15, -0.1) is 0 Å². The monoisotopic (exact) mass is 355 g/mol. The van der Waals surface area contributed by atoms with E-state index in [0.29, 0.717) is 11.1 Å². The molecule has 0 bridgehead atoms. The molecule has 134 valence electrons. The van der Waals surface area contributed by atoms with Crippen molar-refractivity contribution < 1.29 is 8.53 Å². The van der Waals surface area contributed by atoms with E-state index >= 15 is 0 Å². The van der Waals surface area contributed by atoms with Crippen LogP contribution in [-0.2, 0) is 5.41 Å². The highest BCUT2D eigenvalue weighted by molar-refractivity contribution is 6.17. The molecule has 1 heteroatoms. The Morgan fingerprint density at radius 2 is 1.59 bits per heavy atom. The molecule has 1 nitrogen and oxygen atoms in total. The normalized spacial score (nSPS) is 14.7. The van der Waals surface area contributed by atoms with Crippen LogP contribution in [0.2, 0.25) is 0 Å². The molecule has 5 aromatic rings. The molecule has 0 aliphatic heterocycles. The third-order valence-electron chi connectivity index (χ3n) is 5.56. The first-order valence-electron chi connectivity index (χ1n) is 10.9. The molecular weight excluding hydrogens is 328 g/mol. The molecular formula is C26H24O. The van der Waals surface area contributed by atoms with E-state index in [0.717, 1.165) is 43.6 Å². The quantitative estimate of drug-likeness (QED) is 0.258. The summed E-state index contributed by atoms with van der Waals surface area (Å²) in [6.07, 6.45) is 0. The van der Waals surface area contributed by atoms with Gasteiger partial charge in [-0.05, 0) is 64.0 Å². The summed E-state index contributed by atoms with van der Waals surface area (Å²) < 4.78 is 30.9. The van der Waals surface area contributed by atoms with Gasteiger partial charge in [0.05, 0.1) is 0 Å². The molecule has 0 fully saturated rings. The van der Waals surface area contributed by atoms with Crippen LogP contribution in [-0.4, -0.2) is 0 Å². The summed E-state index contributed by atoms with van der Waals surface area (Å²) in [6, 6.07) is 18.5. The van der Waals surface area contributed by atoms with Crippen LogP contribution in [0.25, 0.3) is 43.5 Å². The molecule has 0 N–H and O–H groups in total. The van der Waals surface area contributed by atoms with Crippen LogP contribution in [0.3, 0.4) is 0 Å². The van der Waals surface area contributed by atoms with Crippen LogP contribution in [0.5, 0.6) is 0 Å². The summed E-state index contributed by atoms with van der Waals surface area (Å²) in [4.78, 5) is 0. The highest BCUT2D eigenvalue weighted by Crippen LogP contribution is 2.41. The van der Waals surface area contributed by atoms with Crippen molar-refractivity contribution >= 4 is 43.5 Å². The molecule has 0 saturated heterocycles. The van der Waals surface area contributed by atoms with Crippen LogP contribution in [0.4, 0.5) is 0 Å². The van der Waals surface area contributed by atoms with Crippen LogP contribution in [0.15, 0.2) is 59.0 Å². The van der Waals surface area contributed by atoms with Crippen molar-refractivity contribution in [3.8, 4) is 0 Å². The van der Waals surface area contributed by atoms with Crippen molar-refractivity contribution in [2.24, 2.45) is 0 Å². The number of rotatable bonds is 0. The van der Waals surface area contributed by atoms with Gasteiger partial charge in [0.25, 0.3) is 0 Å². The maximum atomic E-state index is 8.18. The Bertz CT molecular complexity index is 1460. The van der Waals surface area contributed by atoms with Crippen LogP contribution >= 0.6 is 0 Å². The molecule has 0 radical (unpaired) electrons. The van der Waals surface area contributed by atoms with Crippen LogP contribution in [0, 0.1) is 13.8 Å². The molecule has 1 heterocycles. The first-order chi connectivity index (χ1) is 14.1. The standard InChI is InChI=1S/C26H24O/c1-15-12-16(2)24(26(3,4)5)25-23(15)21-14-20-18(13-22(21)27-25)11-10-17-8-6-7-9-19(17)20/h6-14H,1-5H3/i1D3. The van der Waals surface area contributed by atoms with Crippen molar-refractivity contribution in [1.29, 1.82) is 0 Å². The van der Waals surface area contributed by atoms with Crippen LogP contribution in [0.1, 0.15) is 41.6 Å². The number of fused-ring (bicyclic) bond motifs is 6. The molecule has 0 saturated carbocycles. The molecule has 0 aliphatic carbocycles. The third kappa shape index (κ3) is 2.31. The van der Waals surface area contributed by atoms with Gasteiger partial charge in [-0.2, -0.15) is 0 Å². The number of hydrogen-bond donors (Lipinski definition) is 0. The first kappa shape index (κ1) is 13.4. The summed E-state index contributed by atoms with van der Waals surface area (Å²) in [5.74, 6) is 0. The Morgan fingerprint density at radius 3 is 2.37 bits per heavy atom. The van der Waals surface area contributed by atoms with Gasteiger partial charge in [-0.3, -0.25) is 0 Å². The van der Waals surface area contributed by atoms with Crippen LogP contribution < -0.4 is 0 Å². The van der Waals surface area contributed by atoms with Crippen molar-refractivity contribution in [1.82, 2.24) is 0 Å². The van der Waals surface area contributed by atoms with E-state index in [9.17, 15) is 0 Å². The van der Waals surface area contributed by atoms with Crippen molar-refractivity contribution in [2.75, 3.05) is 0 Å². The third-order valence-corrected chi connectivity index (χ3v) is 5.56. The second kappa shape index (κ2) is 5.36. The van der Waals surface area contributed by atoms with Gasteiger partial charge < -0.3 is 4.42 Å². The maximum Gasteiger partial charge on any atom is 0.139 e. The Morgan fingerprint density at radius 1 is 0.815 bits per heavy atom. The van der Waals surface area contributed by atoms with E-state index in [1.165, 1.54) is 5.39 Å². The molecule has 27 heavy (non-hydrogen) atoms. The summed E-state index contributed by atoms with van der Waals surface area (Å²) in [5.41, 5.74) is 3.64. The van der Waals surface area contributed by atoms with E-state index in [4.69, 9.17) is 8.53 Å². The van der Waals surface area contributed by atoms with Gasteiger partial charge in [-0.25, -0.2) is 0 Å². The van der Waals surface area contributed by atoms with E-state index in [2.05, 4.69) is 51.1 Å². The summed E-state index contributed by atoms with van der Waals surface area (Å²) in [7, 11) is 0. The summed E-state index contributed by atoms with van der Waals surface area (Å²) in [6.45, 7) is 6.18. The lowest BCUT2D eigenvalue weighted by Gasteiger charge is -2.22. The number of benzene rings is 4. The molecule has 1 aromatic heterocycles. The van der Waals surface area contributed by atoms with Gasteiger partial charge in [0.15, 0.2) is 0 Å². The van der Waals surface area contributed by atoms with Gasteiger partial charge in [0, 0.05) is 20.4 Å². The minimum absolute atomic E-state index is 0.171. The van der Waals surface area contributed by atoms with E-state index in [1.807, 2.05) is 31.2 Å². The van der Waals surface area contributed by atoms with E-state index < -0.39 is 6.85 Å². The van der Waals surface area contributed by atoms with E-state index in [1.54, 1.807) is 0 Å². The molecule has 0 aliphatic rings. The predicted octanol–water partition coefficient (Wildman–Crippen LogP) is 7.81. The topological polar surface area (TPSA) is 13.1 Å². The van der Waals surface area contributed by atoms with Crippen molar-refractivity contribution in [3.63, 3.8) is 0 Å². The zero-order valence-electron chi connectivity index (χ0n) is 19.1. The van der Waals surface area contributed by atoms with Gasteiger partial charge in [0.1, 0.15) is 11.2 Å². The van der Waals surface area contributed by atoms with Crippen molar-refractivity contribution in [2.45, 2.75) is 40.0 Å². The average Bonchev–Trinajstić information content (AvgIpc) is 3.01. The summed E-state index contributed by atoms with van der Waals surface area (Å²) >= 11 is 0. The van der Waals surface area contributed by atoms with Gasteiger partial charge >= 0.3 is 0 Å². The molecule has 5 rings (SSSR count). The fourth-order valence-corrected chi connectivity index (χ4v) is 4.51. The number of aryl methyl sites for hydroxylation is 2. The highest BCUT2D eigenvalue weighted by Gasteiger charge is 2.24. The van der Waals surface area contributed by atoms with E-state index in [-0.39, 0.29) is 5.41 Å².